The van der Waals surface area contributed by atoms with E-state index in [2.05, 4.69) is 17.1 Å². The third-order valence-corrected chi connectivity index (χ3v) is 6.23. The summed E-state index contributed by atoms with van der Waals surface area (Å²) >= 11 is 0. The van der Waals surface area contributed by atoms with Gasteiger partial charge in [0.25, 0.3) is 0 Å². The minimum atomic E-state index is -2.81. The number of nitrogens with one attached hydrogen (secondary N) is 1. The lowest BCUT2D eigenvalue weighted by molar-refractivity contribution is -0.00303. The summed E-state index contributed by atoms with van der Waals surface area (Å²) in [6.07, 6.45) is 2.92. The Balaban J connectivity index is 1.96. The van der Waals surface area contributed by atoms with Gasteiger partial charge >= 0.3 is 0 Å². The zero-order valence-electron chi connectivity index (χ0n) is 12.6. The van der Waals surface area contributed by atoms with Crippen molar-refractivity contribution in [1.82, 2.24) is 10.2 Å². The molecule has 2 saturated heterocycles. The van der Waals surface area contributed by atoms with E-state index in [1.165, 1.54) is 0 Å². The Hall–Kier alpha value is -0.170. The van der Waals surface area contributed by atoms with Crippen molar-refractivity contribution in [1.29, 1.82) is 0 Å². The number of nitrogens with zero attached hydrogens (tertiary/aromatic N) is 1. The van der Waals surface area contributed by atoms with Gasteiger partial charge in [0.2, 0.25) is 0 Å². The van der Waals surface area contributed by atoms with Gasteiger partial charge in [-0.15, -0.1) is 0 Å². The molecular formula is C14H28N2O3S. The van der Waals surface area contributed by atoms with Crippen molar-refractivity contribution in [2.75, 3.05) is 57.4 Å². The van der Waals surface area contributed by atoms with Crippen LogP contribution in [0.25, 0.3) is 0 Å². The second-order valence-corrected chi connectivity index (χ2v) is 8.48. The molecule has 118 valence electrons. The van der Waals surface area contributed by atoms with E-state index in [9.17, 15) is 8.42 Å². The quantitative estimate of drug-likeness (QED) is 0.802. The first-order chi connectivity index (χ1) is 9.55. The third-order valence-electron chi connectivity index (χ3n) is 4.51. The second-order valence-electron chi connectivity index (χ2n) is 6.17. The van der Waals surface area contributed by atoms with Gasteiger partial charge in [-0.2, -0.15) is 0 Å². The fourth-order valence-electron chi connectivity index (χ4n) is 3.21. The van der Waals surface area contributed by atoms with E-state index in [1.54, 1.807) is 0 Å². The fraction of sp³-hybridized carbons (Fsp3) is 1.00. The maximum Gasteiger partial charge on any atom is 0.151 e. The normalized spacial score (nSPS) is 27.1. The number of rotatable bonds is 5. The first kappa shape index (κ1) is 16.2. The zero-order valence-corrected chi connectivity index (χ0v) is 13.4. The van der Waals surface area contributed by atoms with Gasteiger partial charge in [0.1, 0.15) is 0 Å². The van der Waals surface area contributed by atoms with E-state index < -0.39 is 9.84 Å². The van der Waals surface area contributed by atoms with E-state index in [-0.39, 0.29) is 5.41 Å². The Morgan fingerprint density at radius 2 is 1.95 bits per heavy atom. The molecule has 0 radical (unpaired) electrons. The van der Waals surface area contributed by atoms with Crippen molar-refractivity contribution in [2.24, 2.45) is 5.41 Å². The average Bonchev–Trinajstić information content (AvgIpc) is 2.59. The predicted molar refractivity (Wildman–Crippen MR) is 80.7 cm³/mol. The van der Waals surface area contributed by atoms with Crippen LogP contribution in [0.5, 0.6) is 0 Å². The van der Waals surface area contributed by atoms with Crippen LogP contribution in [0.1, 0.15) is 26.2 Å². The molecule has 20 heavy (non-hydrogen) atoms. The van der Waals surface area contributed by atoms with Gasteiger partial charge in [-0.3, -0.25) is 0 Å². The van der Waals surface area contributed by atoms with Crippen LogP contribution in [0.3, 0.4) is 0 Å². The van der Waals surface area contributed by atoms with Crippen LogP contribution in [0.2, 0.25) is 0 Å². The maximum atomic E-state index is 11.7. The molecule has 0 aromatic rings. The van der Waals surface area contributed by atoms with Gasteiger partial charge in [0.05, 0.1) is 11.5 Å². The number of hydrogen-bond donors (Lipinski definition) is 1. The van der Waals surface area contributed by atoms with Crippen LogP contribution in [0.15, 0.2) is 0 Å². The number of sulfone groups is 1. The smallest absolute Gasteiger partial charge is 0.151 e. The number of hydrogen-bond acceptors (Lipinski definition) is 5. The fourth-order valence-corrected chi connectivity index (χ4v) is 4.52. The molecule has 0 saturated carbocycles. The first-order valence-electron chi connectivity index (χ1n) is 7.77. The van der Waals surface area contributed by atoms with Gasteiger partial charge in [-0.25, -0.2) is 8.42 Å². The highest BCUT2D eigenvalue weighted by Crippen LogP contribution is 2.31. The highest BCUT2D eigenvalue weighted by molar-refractivity contribution is 7.91. The van der Waals surface area contributed by atoms with E-state index in [0.717, 1.165) is 58.7 Å². The molecule has 6 heteroatoms. The highest BCUT2D eigenvalue weighted by Gasteiger charge is 2.34. The molecule has 0 unspecified atom stereocenters. The molecule has 0 aliphatic carbocycles. The largest absolute Gasteiger partial charge is 0.381 e. The molecule has 0 aromatic heterocycles. The van der Waals surface area contributed by atoms with Gasteiger partial charge in [0.15, 0.2) is 9.84 Å². The molecule has 5 nitrogen and oxygen atoms in total. The van der Waals surface area contributed by atoms with Crippen LogP contribution >= 0.6 is 0 Å². The van der Waals surface area contributed by atoms with Crippen molar-refractivity contribution in [3.05, 3.63) is 0 Å². The molecule has 2 heterocycles. The standard InChI is InChI=1S/C14H28N2O3S/c1-2-15-12-14(4-8-19-9-5-14)13-16-6-3-10-20(17,18)11-7-16/h15H,2-13H2,1H3. The Labute approximate surface area is 123 Å². The van der Waals surface area contributed by atoms with Crippen LogP contribution < -0.4 is 5.32 Å². The van der Waals surface area contributed by atoms with Crippen LogP contribution in [0, 0.1) is 5.41 Å². The molecule has 2 rings (SSSR count). The lowest BCUT2D eigenvalue weighted by Gasteiger charge is -2.41. The van der Waals surface area contributed by atoms with E-state index in [1.807, 2.05) is 0 Å². The Morgan fingerprint density at radius 1 is 1.20 bits per heavy atom. The van der Waals surface area contributed by atoms with Crippen molar-refractivity contribution in [2.45, 2.75) is 26.2 Å². The third kappa shape index (κ3) is 4.69. The van der Waals surface area contributed by atoms with Crippen molar-refractivity contribution >= 4 is 9.84 Å². The molecule has 0 atom stereocenters. The van der Waals surface area contributed by atoms with Crippen molar-refractivity contribution in [3.8, 4) is 0 Å². The average molecular weight is 304 g/mol. The lowest BCUT2D eigenvalue weighted by Crippen LogP contribution is -2.48. The molecule has 2 aliphatic rings. The SMILES string of the molecule is CCNCC1(CN2CCCS(=O)(=O)CC2)CCOCC1. The monoisotopic (exact) mass is 304 g/mol. The minimum absolute atomic E-state index is 0.252. The van der Waals surface area contributed by atoms with Crippen LogP contribution in [-0.4, -0.2) is 70.8 Å². The summed E-state index contributed by atoms with van der Waals surface area (Å²) in [5, 5.41) is 3.48. The van der Waals surface area contributed by atoms with Crippen LogP contribution in [-0.2, 0) is 14.6 Å². The molecule has 0 amide bonds. The zero-order chi connectivity index (χ0) is 14.5. The maximum absolute atomic E-state index is 11.7. The molecule has 0 aromatic carbocycles. The summed E-state index contributed by atoms with van der Waals surface area (Å²) in [4.78, 5) is 2.35. The Morgan fingerprint density at radius 3 is 2.65 bits per heavy atom. The molecule has 0 bridgehead atoms. The summed E-state index contributed by atoms with van der Waals surface area (Å²) < 4.78 is 28.9. The summed E-state index contributed by atoms with van der Waals surface area (Å²) in [6, 6.07) is 0. The lowest BCUT2D eigenvalue weighted by atomic mass is 9.79. The predicted octanol–water partition coefficient (Wildman–Crippen LogP) is 0.513. The first-order valence-corrected chi connectivity index (χ1v) is 9.59. The summed E-state index contributed by atoms with van der Waals surface area (Å²) in [7, 11) is -2.81. The molecule has 1 N–H and O–H groups in total. The summed E-state index contributed by atoms with van der Waals surface area (Å²) in [5.74, 6) is 0.674. The second kappa shape index (κ2) is 7.20. The van der Waals surface area contributed by atoms with E-state index in [4.69, 9.17) is 4.74 Å². The Bertz CT molecular complexity index is 391. The minimum Gasteiger partial charge on any atom is -0.381 e. The molecule has 2 aliphatic heterocycles. The van der Waals surface area contributed by atoms with Crippen molar-refractivity contribution in [3.63, 3.8) is 0 Å². The molecule has 0 spiro atoms. The summed E-state index contributed by atoms with van der Waals surface area (Å²) in [5.41, 5.74) is 0.252. The van der Waals surface area contributed by atoms with Crippen LogP contribution in [0.4, 0.5) is 0 Å². The highest BCUT2D eigenvalue weighted by atomic mass is 32.2. The van der Waals surface area contributed by atoms with Gasteiger partial charge in [-0.05, 0) is 37.8 Å². The molecule has 2 fully saturated rings. The van der Waals surface area contributed by atoms with E-state index in [0.29, 0.717) is 18.1 Å². The van der Waals surface area contributed by atoms with Gasteiger partial charge in [0, 0.05) is 32.8 Å². The Kier molecular flexibility index (Phi) is 5.84. The number of ether oxygens (including phenoxy) is 1. The van der Waals surface area contributed by atoms with Crippen molar-refractivity contribution < 1.29 is 13.2 Å². The van der Waals surface area contributed by atoms with E-state index >= 15 is 0 Å². The molecular weight excluding hydrogens is 276 g/mol. The van der Waals surface area contributed by atoms with Gasteiger partial charge < -0.3 is 15.0 Å². The van der Waals surface area contributed by atoms with Gasteiger partial charge in [-0.1, -0.05) is 6.92 Å². The topological polar surface area (TPSA) is 58.6 Å². The summed E-state index contributed by atoms with van der Waals surface area (Å²) in [6.45, 7) is 8.39.